The topological polar surface area (TPSA) is 137 Å². The van der Waals surface area contributed by atoms with Crippen molar-refractivity contribution in [2.24, 2.45) is 9.98 Å². The molecular weight excluding hydrogens is 518 g/mol. The second kappa shape index (κ2) is 12.5. The van der Waals surface area contributed by atoms with Crippen molar-refractivity contribution in [2.45, 2.75) is 6.92 Å². The van der Waals surface area contributed by atoms with E-state index < -0.39 is 10.0 Å². The van der Waals surface area contributed by atoms with Gasteiger partial charge in [0.25, 0.3) is 5.91 Å². The van der Waals surface area contributed by atoms with Gasteiger partial charge in [0.1, 0.15) is 11.7 Å². The Balaban J connectivity index is 1.58. The summed E-state index contributed by atoms with van der Waals surface area (Å²) in [5.41, 5.74) is 3.35. The first kappa shape index (κ1) is 27.7. The van der Waals surface area contributed by atoms with E-state index in [0.717, 1.165) is 17.5 Å². The molecule has 0 atom stereocenters. The zero-order valence-corrected chi connectivity index (χ0v) is 22.8. The van der Waals surface area contributed by atoms with Crippen LogP contribution in [0.3, 0.4) is 0 Å². The minimum Gasteiger partial charge on any atom is -0.383 e. The molecule has 0 saturated heterocycles. The number of sulfonamides is 1. The van der Waals surface area contributed by atoms with Gasteiger partial charge in [0.15, 0.2) is 0 Å². The van der Waals surface area contributed by atoms with E-state index in [4.69, 9.17) is 9.73 Å². The molecule has 1 amide bonds. The van der Waals surface area contributed by atoms with E-state index in [1.165, 1.54) is 4.31 Å². The Bertz CT molecular complexity index is 1480. The molecule has 0 radical (unpaired) electrons. The van der Waals surface area contributed by atoms with Gasteiger partial charge in [-0.2, -0.15) is 0 Å². The van der Waals surface area contributed by atoms with Crippen molar-refractivity contribution in [3.63, 3.8) is 0 Å². The Labute approximate surface area is 228 Å². The lowest BCUT2D eigenvalue weighted by molar-refractivity contribution is 0.0937. The zero-order valence-electron chi connectivity index (χ0n) is 22.0. The number of allylic oxidation sites excluding steroid dienone is 1. The number of fused-ring (bicyclic) bond motifs is 1. The third-order valence-electron chi connectivity index (χ3n) is 5.80. The maximum Gasteiger partial charge on any atom is 0.251 e. The van der Waals surface area contributed by atoms with Crippen LogP contribution in [0.25, 0.3) is 6.08 Å². The standard InChI is InChI=1S/C27H31N7O4S/c1-4-34(39(3,36)37)25-19(7-5-16-29-25)11-14-23-22-8-6-15-28-24(22)33-27(32-23)31-21-12-9-20(10-13-21)26(35)30-17-18-38-2/h5-14,16H,4,15,17-18H2,1-3H3,(H,30,35)(H2,28,31,32,33)/b14-11+. The molecule has 0 saturated carbocycles. The van der Waals surface area contributed by atoms with Crippen molar-refractivity contribution in [3.05, 3.63) is 83.2 Å². The van der Waals surface area contributed by atoms with E-state index in [0.29, 0.717) is 54.1 Å². The minimum atomic E-state index is -3.49. The van der Waals surface area contributed by atoms with Crippen LogP contribution in [0, 0.1) is 0 Å². The normalized spacial score (nSPS) is 14.8. The SMILES string of the molecule is CCN(c1ncccc1/C=C/C1=C2C=CCN=C2NC(Nc2ccc(C(=O)NCCOC)cc2)=N1)S(C)(=O)=O. The highest BCUT2D eigenvalue weighted by atomic mass is 32.2. The lowest BCUT2D eigenvalue weighted by Gasteiger charge is -2.23. The van der Waals surface area contributed by atoms with Gasteiger partial charge < -0.3 is 20.7 Å². The number of aromatic nitrogens is 1. The van der Waals surface area contributed by atoms with Crippen molar-refractivity contribution in [3.8, 4) is 0 Å². The molecule has 4 rings (SSSR count). The molecule has 3 heterocycles. The molecule has 0 unspecified atom stereocenters. The number of aliphatic imine (C=N–C) groups is 2. The molecule has 39 heavy (non-hydrogen) atoms. The Morgan fingerprint density at radius 1 is 1.21 bits per heavy atom. The van der Waals surface area contributed by atoms with E-state index in [-0.39, 0.29) is 12.5 Å². The number of guanidine groups is 1. The van der Waals surface area contributed by atoms with Gasteiger partial charge in [-0.15, -0.1) is 0 Å². The number of anilines is 2. The second-order valence-electron chi connectivity index (χ2n) is 8.60. The molecule has 2 aliphatic rings. The van der Waals surface area contributed by atoms with E-state index in [1.807, 2.05) is 18.2 Å². The van der Waals surface area contributed by atoms with Gasteiger partial charge in [0.05, 0.1) is 25.1 Å². The summed E-state index contributed by atoms with van der Waals surface area (Å²) in [6, 6.07) is 10.6. The van der Waals surface area contributed by atoms with Gasteiger partial charge >= 0.3 is 0 Å². The lowest BCUT2D eigenvalue weighted by Crippen LogP contribution is -2.40. The fourth-order valence-electron chi connectivity index (χ4n) is 3.97. The van der Waals surface area contributed by atoms with Crippen molar-refractivity contribution in [1.82, 2.24) is 15.6 Å². The first-order valence-corrected chi connectivity index (χ1v) is 14.2. The number of dihydropyridines is 1. The minimum absolute atomic E-state index is 0.178. The maximum absolute atomic E-state index is 12.3. The monoisotopic (exact) mass is 549 g/mol. The number of amides is 1. The summed E-state index contributed by atoms with van der Waals surface area (Å²) in [5.74, 6) is 1.30. The average Bonchev–Trinajstić information content (AvgIpc) is 2.92. The summed E-state index contributed by atoms with van der Waals surface area (Å²) < 4.78 is 30.8. The predicted molar refractivity (Wildman–Crippen MR) is 154 cm³/mol. The van der Waals surface area contributed by atoms with Crippen LogP contribution in [0.2, 0.25) is 0 Å². The molecule has 0 spiro atoms. The number of nitrogens with one attached hydrogen (secondary N) is 3. The number of hydrogen-bond acceptors (Lipinski definition) is 9. The van der Waals surface area contributed by atoms with E-state index in [2.05, 4.69) is 25.9 Å². The van der Waals surface area contributed by atoms with Gasteiger partial charge in [0, 0.05) is 48.8 Å². The Morgan fingerprint density at radius 3 is 2.72 bits per heavy atom. The third-order valence-corrected chi connectivity index (χ3v) is 7.03. The summed E-state index contributed by atoms with van der Waals surface area (Å²) >= 11 is 0. The number of nitrogens with zero attached hydrogens (tertiary/aromatic N) is 4. The third kappa shape index (κ3) is 6.98. The molecule has 12 heteroatoms. The molecule has 3 N–H and O–H groups in total. The van der Waals surface area contributed by atoms with Crippen LogP contribution in [0.1, 0.15) is 22.8 Å². The molecule has 0 aliphatic carbocycles. The van der Waals surface area contributed by atoms with Crippen LogP contribution < -0.4 is 20.3 Å². The van der Waals surface area contributed by atoms with E-state index in [9.17, 15) is 13.2 Å². The van der Waals surface area contributed by atoms with Crippen LogP contribution >= 0.6 is 0 Å². The molecule has 204 valence electrons. The smallest absolute Gasteiger partial charge is 0.251 e. The van der Waals surface area contributed by atoms with Crippen LogP contribution in [0.4, 0.5) is 11.5 Å². The molecule has 0 bridgehead atoms. The summed E-state index contributed by atoms with van der Waals surface area (Å²) in [4.78, 5) is 25.9. The first-order valence-electron chi connectivity index (χ1n) is 12.4. The number of benzene rings is 1. The van der Waals surface area contributed by atoms with Gasteiger partial charge in [-0.1, -0.05) is 12.2 Å². The number of rotatable bonds is 10. The van der Waals surface area contributed by atoms with Crippen molar-refractivity contribution in [2.75, 3.05) is 49.2 Å². The van der Waals surface area contributed by atoms with E-state index in [1.54, 1.807) is 62.7 Å². The van der Waals surface area contributed by atoms with Gasteiger partial charge in [-0.25, -0.2) is 18.4 Å². The predicted octanol–water partition coefficient (Wildman–Crippen LogP) is 2.55. The molecular formula is C27H31N7O4S. The summed E-state index contributed by atoms with van der Waals surface area (Å²) in [6.45, 7) is 3.43. The molecule has 1 aromatic carbocycles. The maximum atomic E-state index is 12.3. The second-order valence-corrected chi connectivity index (χ2v) is 10.5. The number of pyridine rings is 1. The number of amidine groups is 1. The van der Waals surface area contributed by atoms with Crippen molar-refractivity contribution < 1.29 is 17.9 Å². The summed E-state index contributed by atoms with van der Waals surface area (Å²) in [5, 5.41) is 9.24. The van der Waals surface area contributed by atoms with Crippen LogP contribution in [0.15, 0.2) is 82.1 Å². The fourth-order valence-corrected chi connectivity index (χ4v) is 4.90. The summed E-state index contributed by atoms with van der Waals surface area (Å²) in [6.07, 6.45) is 10.2. The highest BCUT2D eigenvalue weighted by Crippen LogP contribution is 2.24. The molecule has 2 aromatic rings. The van der Waals surface area contributed by atoms with Gasteiger partial charge in [-0.05, 0) is 55.5 Å². The van der Waals surface area contributed by atoms with Crippen molar-refractivity contribution in [1.29, 1.82) is 0 Å². The summed E-state index contributed by atoms with van der Waals surface area (Å²) in [7, 11) is -1.91. The van der Waals surface area contributed by atoms with Crippen LogP contribution in [0.5, 0.6) is 0 Å². The number of hydrogen-bond donors (Lipinski definition) is 3. The first-order chi connectivity index (χ1) is 18.8. The fraction of sp³-hybridized carbons (Fsp3) is 0.259. The highest BCUT2D eigenvalue weighted by molar-refractivity contribution is 7.92. The van der Waals surface area contributed by atoms with E-state index >= 15 is 0 Å². The zero-order chi connectivity index (χ0) is 27.8. The molecule has 2 aliphatic heterocycles. The Kier molecular flexibility index (Phi) is 8.89. The number of carbonyl (C=O) groups excluding carboxylic acids is 1. The average molecular weight is 550 g/mol. The highest BCUT2D eigenvalue weighted by Gasteiger charge is 2.21. The van der Waals surface area contributed by atoms with Crippen molar-refractivity contribution >= 4 is 45.3 Å². The quantitative estimate of drug-likeness (QED) is 0.387. The lowest BCUT2D eigenvalue weighted by atomic mass is 10.1. The Hall–Kier alpha value is -4.29. The largest absolute Gasteiger partial charge is 0.383 e. The van der Waals surface area contributed by atoms with Gasteiger partial charge in [-0.3, -0.25) is 14.1 Å². The number of methoxy groups -OCH3 is 1. The number of carbonyl (C=O) groups is 1. The van der Waals surface area contributed by atoms with Crippen LogP contribution in [-0.4, -0.2) is 70.7 Å². The van der Waals surface area contributed by atoms with Gasteiger partial charge in [0.2, 0.25) is 16.0 Å². The molecule has 1 aromatic heterocycles. The molecule has 0 fully saturated rings. The molecule has 11 nitrogen and oxygen atoms in total. The van der Waals surface area contributed by atoms with Crippen LogP contribution in [-0.2, 0) is 14.8 Å². The Morgan fingerprint density at radius 2 is 2.00 bits per heavy atom. The number of ether oxygens (including phenoxy) is 1.